The van der Waals surface area contributed by atoms with Crippen molar-refractivity contribution in [3.63, 3.8) is 0 Å². The Kier molecular flexibility index (Phi) is 8.26. The van der Waals surface area contributed by atoms with E-state index in [1.807, 2.05) is 6.08 Å². The molecule has 2 nitrogen and oxygen atoms in total. The van der Waals surface area contributed by atoms with E-state index in [2.05, 4.69) is 12.3 Å². The zero-order valence-corrected chi connectivity index (χ0v) is 5.69. The third-order valence-electron chi connectivity index (χ3n) is 0.174. The number of rotatable bonds is 1. The summed E-state index contributed by atoms with van der Waals surface area (Å²) in [6, 6.07) is 0. The molecule has 3 heteroatoms. The molecule has 0 saturated heterocycles. The molecule has 0 aliphatic rings. The van der Waals surface area contributed by atoms with Crippen LogP contribution in [0.5, 0.6) is 0 Å². The second-order valence-electron chi connectivity index (χ2n) is 0.541. The quantitative estimate of drug-likeness (QED) is 0.204. The van der Waals surface area contributed by atoms with Crippen molar-refractivity contribution in [1.29, 1.82) is 0 Å². The molecule has 0 atom stereocenters. The molecule has 0 bridgehead atoms. The predicted octanol–water partition coefficient (Wildman–Crippen LogP) is -3.54. The van der Waals surface area contributed by atoms with Gasteiger partial charge in [0.15, 0.2) is 0 Å². The Morgan fingerprint density at radius 3 is 2.00 bits per heavy atom. The molecule has 0 aromatic rings. The molecule has 0 aromatic heterocycles. The Morgan fingerprint density at radius 1 is 1.83 bits per heavy atom. The van der Waals surface area contributed by atoms with Crippen LogP contribution in [0.25, 0.3) is 0 Å². The summed E-state index contributed by atoms with van der Waals surface area (Å²) in [6.07, 6.45) is 1.92. The van der Waals surface area contributed by atoms with Gasteiger partial charge in [-0.25, -0.2) is 0 Å². The maximum absolute atomic E-state index is 9.42. The van der Waals surface area contributed by atoms with Gasteiger partial charge >= 0.3 is 29.6 Å². The summed E-state index contributed by atoms with van der Waals surface area (Å²) >= 11 is 0. The van der Waals surface area contributed by atoms with Crippen LogP contribution in [0.1, 0.15) is 0 Å². The molecular formula is C3H4NNaO. The van der Waals surface area contributed by atoms with E-state index < -0.39 is 5.91 Å². The predicted molar refractivity (Wildman–Crippen MR) is 18.1 cm³/mol. The first-order valence-electron chi connectivity index (χ1n) is 1.10. The minimum atomic E-state index is -0.606. The summed E-state index contributed by atoms with van der Waals surface area (Å²) in [5.74, 6) is -0.606. The average molecular weight is 93.1 g/mol. The number of primary amides is 1. The van der Waals surface area contributed by atoms with Gasteiger partial charge in [0.2, 0.25) is 0 Å². The van der Waals surface area contributed by atoms with Crippen molar-refractivity contribution in [2.75, 3.05) is 0 Å². The SMILES string of the molecule is C=[C-]C(N)=O.[Na+]. The molecule has 0 aliphatic heterocycles. The van der Waals surface area contributed by atoms with Crippen LogP contribution < -0.4 is 35.3 Å². The van der Waals surface area contributed by atoms with Crippen LogP contribution in [0, 0.1) is 6.08 Å². The minimum Gasteiger partial charge on any atom is -0.412 e. The van der Waals surface area contributed by atoms with Gasteiger partial charge in [0.25, 0.3) is 0 Å². The molecule has 0 fully saturated rings. The molecular weight excluding hydrogens is 89.0 g/mol. The number of amides is 1. The van der Waals surface area contributed by atoms with Gasteiger partial charge in [0.1, 0.15) is 0 Å². The maximum atomic E-state index is 9.42. The van der Waals surface area contributed by atoms with Gasteiger partial charge in [0, 0.05) is 0 Å². The molecule has 28 valence electrons. The van der Waals surface area contributed by atoms with Crippen LogP contribution in [0.3, 0.4) is 0 Å². The van der Waals surface area contributed by atoms with E-state index >= 15 is 0 Å². The Balaban J connectivity index is 0. The van der Waals surface area contributed by atoms with Crippen LogP contribution in [0.4, 0.5) is 0 Å². The zero-order valence-electron chi connectivity index (χ0n) is 3.69. The summed E-state index contributed by atoms with van der Waals surface area (Å²) in [7, 11) is 0. The molecule has 0 radical (unpaired) electrons. The third kappa shape index (κ3) is 8.88. The van der Waals surface area contributed by atoms with E-state index in [1.165, 1.54) is 0 Å². The van der Waals surface area contributed by atoms with Crippen molar-refractivity contribution < 1.29 is 34.4 Å². The van der Waals surface area contributed by atoms with Crippen molar-refractivity contribution in [2.45, 2.75) is 0 Å². The molecule has 2 N–H and O–H groups in total. The van der Waals surface area contributed by atoms with Crippen LogP contribution in [-0.4, -0.2) is 5.91 Å². The maximum Gasteiger partial charge on any atom is 1.00 e. The van der Waals surface area contributed by atoms with Gasteiger partial charge in [-0.1, -0.05) is 0 Å². The number of carbonyl (C=O) groups is 1. The van der Waals surface area contributed by atoms with Gasteiger partial charge in [-0.15, -0.1) is 0 Å². The van der Waals surface area contributed by atoms with E-state index in [-0.39, 0.29) is 29.6 Å². The Morgan fingerprint density at radius 2 is 2.00 bits per heavy atom. The summed E-state index contributed by atoms with van der Waals surface area (Å²) in [6.45, 7) is 2.96. The van der Waals surface area contributed by atoms with Gasteiger partial charge < -0.3 is 16.6 Å². The molecule has 0 heterocycles. The first-order valence-corrected chi connectivity index (χ1v) is 1.10. The molecule has 0 spiro atoms. The molecule has 0 unspecified atom stereocenters. The first kappa shape index (κ1) is 9.51. The van der Waals surface area contributed by atoms with Gasteiger partial charge in [0.05, 0.1) is 5.91 Å². The van der Waals surface area contributed by atoms with Gasteiger partial charge in [-0.2, -0.15) is 0 Å². The second kappa shape index (κ2) is 5.21. The smallest absolute Gasteiger partial charge is 0.412 e. The van der Waals surface area contributed by atoms with Crippen molar-refractivity contribution in [1.82, 2.24) is 0 Å². The standard InChI is InChI=1S/C3H4NO.Na/c1-2-3(4)5;/h1H2,(H2,4,5);/q-1;+1. The van der Waals surface area contributed by atoms with E-state index in [9.17, 15) is 4.79 Å². The van der Waals surface area contributed by atoms with Crippen molar-refractivity contribution >= 4 is 5.91 Å². The topological polar surface area (TPSA) is 43.1 Å². The minimum absolute atomic E-state index is 0. The fourth-order valence-electron chi connectivity index (χ4n) is 0. The fraction of sp³-hybridized carbons (Fsp3) is 0. The van der Waals surface area contributed by atoms with E-state index in [0.717, 1.165) is 0 Å². The number of nitrogens with two attached hydrogens (primary N) is 1. The Labute approximate surface area is 58.7 Å². The van der Waals surface area contributed by atoms with Gasteiger partial charge in [-0.3, -0.25) is 6.58 Å². The molecule has 0 aliphatic carbocycles. The largest absolute Gasteiger partial charge is 1.00 e. The molecule has 0 rings (SSSR count). The Bertz CT molecular complexity index is 61.8. The summed E-state index contributed by atoms with van der Waals surface area (Å²) < 4.78 is 0. The summed E-state index contributed by atoms with van der Waals surface area (Å²) in [4.78, 5) is 9.42. The van der Waals surface area contributed by atoms with Crippen molar-refractivity contribution in [3.05, 3.63) is 12.7 Å². The second-order valence-corrected chi connectivity index (χ2v) is 0.541. The summed E-state index contributed by atoms with van der Waals surface area (Å²) in [5.41, 5.74) is 4.48. The summed E-state index contributed by atoms with van der Waals surface area (Å²) in [5, 5.41) is 0. The molecule has 0 aromatic carbocycles. The Hall–Kier alpha value is 0.210. The first-order chi connectivity index (χ1) is 2.27. The van der Waals surface area contributed by atoms with Crippen LogP contribution in [0.15, 0.2) is 6.58 Å². The van der Waals surface area contributed by atoms with Crippen LogP contribution in [0.2, 0.25) is 0 Å². The number of hydrogen-bond acceptors (Lipinski definition) is 1. The van der Waals surface area contributed by atoms with Crippen molar-refractivity contribution in [3.8, 4) is 0 Å². The zero-order chi connectivity index (χ0) is 4.28. The number of carbonyl (C=O) groups excluding carboxylic acids is 1. The average Bonchev–Trinajstić information content (AvgIpc) is 1.38. The van der Waals surface area contributed by atoms with E-state index in [0.29, 0.717) is 0 Å². The third-order valence-corrected chi connectivity index (χ3v) is 0.174. The van der Waals surface area contributed by atoms with E-state index in [1.54, 1.807) is 0 Å². The fourth-order valence-corrected chi connectivity index (χ4v) is 0. The molecule has 1 amide bonds. The van der Waals surface area contributed by atoms with Gasteiger partial charge in [-0.05, 0) is 0 Å². The van der Waals surface area contributed by atoms with Crippen molar-refractivity contribution in [2.24, 2.45) is 5.73 Å². The number of hydrogen-bond donors (Lipinski definition) is 1. The molecule has 0 saturated carbocycles. The van der Waals surface area contributed by atoms with E-state index in [4.69, 9.17) is 0 Å². The normalized spacial score (nSPS) is 5.33. The molecule has 6 heavy (non-hydrogen) atoms. The van der Waals surface area contributed by atoms with Crippen LogP contribution in [-0.2, 0) is 4.79 Å². The monoisotopic (exact) mass is 93.0 g/mol. The van der Waals surface area contributed by atoms with Crippen LogP contribution >= 0.6 is 0 Å².